The molecule has 0 aromatic heterocycles. The van der Waals surface area contributed by atoms with Crippen LogP contribution in [0.15, 0.2) is 12.7 Å². The summed E-state index contributed by atoms with van der Waals surface area (Å²) in [7, 11) is 0. The molecule has 16 heavy (non-hydrogen) atoms. The van der Waals surface area contributed by atoms with Crippen molar-refractivity contribution < 1.29 is 14.7 Å². The summed E-state index contributed by atoms with van der Waals surface area (Å²) in [5, 5.41) is 11.8. The van der Waals surface area contributed by atoms with Gasteiger partial charge in [0, 0.05) is 12.8 Å². The molecule has 0 aromatic rings. The fourth-order valence-electron chi connectivity index (χ4n) is 0.860. The summed E-state index contributed by atoms with van der Waals surface area (Å²) in [6.45, 7) is 7.45. The third-order valence-electron chi connectivity index (χ3n) is 1.61. The van der Waals surface area contributed by atoms with E-state index in [1.165, 1.54) is 0 Å². The van der Waals surface area contributed by atoms with Crippen molar-refractivity contribution in [2.45, 2.75) is 46.0 Å². The van der Waals surface area contributed by atoms with Crippen molar-refractivity contribution in [3.05, 3.63) is 12.7 Å². The second kappa shape index (κ2) is 13.8. The Balaban J connectivity index is 0. The molecule has 4 heteroatoms. The predicted molar refractivity (Wildman–Crippen MR) is 63.3 cm³/mol. The third kappa shape index (κ3) is 15.3. The van der Waals surface area contributed by atoms with E-state index >= 15 is 0 Å². The molecule has 1 aliphatic rings. The zero-order valence-corrected chi connectivity index (χ0v) is 10.3. The highest BCUT2D eigenvalue weighted by atomic mass is 16.3. The van der Waals surface area contributed by atoms with Gasteiger partial charge in [-0.1, -0.05) is 25.8 Å². The monoisotopic (exact) mass is 228 g/mol. The average Bonchev–Trinajstić information content (AvgIpc) is 2.61. The number of carbonyl (C=O) groups excluding carboxylic acids is 2. The number of nitrogens with one attached hydrogen (secondary N) is 1. The van der Waals surface area contributed by atoms with Crippen LogP contribution in [0.3, 0.4) is 0 Å². The van der Waals surface area contributed by atoms with Crippen LogP contribution in [0.2, 0.25) is 0 Å². The molecule has 1 aliphatic heterocycles. The third-order valence-corrected chi connectivity index (χ3v) is 1.61. The van der Waals surface area contributed by atoms with Gasteiger partial charge in [-0.2, -0.15) is 0 Å². The quantitative estimate of drug-likeness (QED) is 0.457. The van der Waals surface area contributed by atoms with Crippen LogP contribution >= 0.6 is 0 Å². The first-order chi connectivity index (χ1) is 7.62. The Hall–Kier alpha value is -1.16. The van der Waals surface area contributed by atoms with E-state index in [1.54, 1.807) is 6.08 Å². The van der Waals surface area contributed by atoms with Crippen LogP contribution in [0.4, 0.5) is 0 Å². The summed E-state index contributed by atoms with van der Waals surface area (Å²) in [6.07, 6.45) is 5.61. The Morgan fingerprint density at radius 2 is 1.69 bits per heavy atom. The Labute approximate surface area is 97.7 Å². The molecule has 1 rings (SSSR count). The minimum absolute atomic E-state index is 0.105. The second-order valence-corrected chi connectivity index (χ2v) is 3.29. The maximum absolute atomic E-state index is 10.1. The largest absolute Gasteiger partial charge is 0.296 e. The molecular weight excluding hydrogens is 206 g/mol. The summed E-state index contributed by atoms with van der Waals surface area (Å²) < 4.78 is 0. The van der Waals surface area contributed by atoms with Gasteiger partial charge in [0.05, 0.1) is 6.61 Å². The first kappa shape index (κ1) is 17.2. The van der Waals surface area contributed by atoms with Crippen LogP contribution < -0.4 is 5.32 Å². The molecule has 1 N–H and O–H groups in total. The van der Waals surface area contributed by atoms with E-state index in [-0.39, 0.29) is 18.4 Å². The van der Waals surface area contributed by atoms with Gasteiger partial charge < -0.3 is 0 Å². The summed E-state index contributed by atoms with van der Waals surface area (Å²) in [4.78, 5) is 20.2. The predicted octanol–water partition coefficient (Wildman–Crippen LogP) is 2.22. The van der Waals surface area contributed by atoms with Crippen molar-refractivity contribution in [1.82, 2.24) is 5.32 Å². The standard InChI is InChI=1S/C5H11O.C4H5NO2.C3H6/c1-2-3-4-5-6;6-3-1-2-4(7)5-3;1-3-2/h2-5H2,1H3;1-2H2,(H,5,6,7);3H,1H2,2H3. The van der Waals surface area contributed by atoms with E-state index in [4.69, 9.17) is 0 Å². The van der Waals surface area contributed by atoms with Gasteiger partial charge in [0.2, 0.25) is 11.8 Å². The Bertz CT molecular complexity index is 184. The smallest absolute Gasteiger partial charge is 0.227 e. The maximum atomic E-state index is 10.1. The van der Waals surface area contributed by atoms with Gasteiger partial charge in [0.25, 0.3) is 0 Å². The highest BCUT2D eigenvalue weighted by Crippen LogP contribution is 1.95. The van der Waals surface area contributed by atoms with Crippen molar-refractivity contribution in [2.24, 2.45) is 0 Å². The second-order valence-electron chi connectivity index (χ2n) is 3.29. The number of amides is 2. The minimum atomic E-state index is -0.148. The number of hydrogen-bond donors (Lipinski definition) is 1. The molecule has 93 valence electrons. The zero-order chi connectivity index (χ0) is 12.8. The molecule has 1 fully saturated rings. The summed E-state index contributed by atoms with van der Waals surface area (Å²) in [6, 6.07) is 0. The highest BCUT2D eigenvalue weighted by molar-refractivity contribution is 6.01. The van der Waals surface area contributed by atoms with Gasteiger partial charge in [0.15, 0.2) is 0 Å². The molecule has 0 atom stereocenters. The average molecular weight is 228 g/mol. The molecule has 0 spiro atoms. The lowest BCUT2D eigenvalue weighted by Gasteiger charge is -1.84. The van der Waals surface area contributed by atoms with Crippen molar-refractivity contribution in [3.63, 3.8) is 0 Å². The minimum Gasteiger partial charge on any atom is -0.296 e. The summed E-state index contributed by atoms with van der Waals surface area (Å²) >= 11 is 0. The highest BCUT2D eigenvalue weighted by Gasteiger charge is 2.15. The van der Waals surface area contributed by atoms with Crippen molar-refractivity contribution >= 4 is 11.8 Å². The first-order valence-corrected chi connectivity index (χ1v) is 5.60. The first-order valence-electron chi connectivity index (χ1n) is 5.60. The Morgan fingerprint density at radius 3 is 1.81 bits per heavy atom. The van der Waals surface area contributed by atoms with Crippen LogP contribution in [-0.4, -0.2) is 18.4 Å². The molecule has 0 unspecified atom stereocenters. The van der Waals surface area contributed by atoms with Crippen LogP contribution in [0.5, 0.6) is 0 Å². The Morgan fingerprint density at radius 1 is 1.25 bits per heavy atom. The van der Waals surface area contributed by atoms with Gasteiger partial charge in [-0.25, -0.2) is 5.11 Å². The lowest BCUT2D eigenvalue weighted by Crippen LogP contribution is -2.18. The number of carbonyl (C=O) groups is 2. The van der Waals surface area contributed by atoms with Crippen molar-refractivity contribution in [3.8, 4) is 0 Å². The number of unbranched alkanes of at least 4 members (excludes halogenated alkanes) is 2. The number of imide groups is 1. The zero-order valence-electron chi connectivity index (χ0n) is 10.3. The number of allylic oxidation sites excluding steroid dienone is 1. The van der Waals surface area contributed by atoms with E-state index in [9.17, 15) is 14.7 Å². The number of hydrogen-bond acceptors (Lipinski definition) is 2. The van der Waals surface area contributed by atoms with E-state index in [0.29, 0.717) is 12.8 Å². The van der Waals surface area contributed by atoms with Crippen molar-refractivity contribution in [2.75, 3.05) is 6.61 Å². The van der Waals surface area contributed by atoms with Crippen LogP contribution in [0.25, 0.3) is 0 Å². The van der Waals surface area contributed by atoms with Crippen molar-refractivity contribution in [1.29, 1.82) is 0 Å². The number of rotatable bonds is 3. The summed E-state index contributed by atoms with van der Waals surface area (Å²) in [5.74, 6) is -0.296. The molecule has 1 heterocycles. The summed E-state index contributed by atoms with van der Waals surface area (Å²) in [5.41, 5.74) is 0. The molecule has 4 nitrogen and oxygen atoms in total. The van der Waals surface area contributed by atoms with Gasteiger partial charge >= 0.3 is 0 Å². The van der Waals surface area contributed by atoms with Gasteiger partial charge in [-0.05, 0) is 13.3 Å². The fourth-order valence-corrected chi connectivity index (χ4v) is 0.860. The maximum Gasteiger partial charge on any atom is 0.227 e. The van der Waals surface area contributed by atoms with Crippen LogP contribution in [0.1, 0.15) is 46.0 Å². The fraction of sp³-hybridized carbons (Fsp3) is 0.667. The molecule has 0 saturated carbocycles. The van der Waals surface area contributed by atoms with Gasteiger partial charge in [-0.3, -0.25) is 14.9 Å². The van der Waals surface area contributed by atoms with Crippen LogP contribution in [0, 0.1) is 0 Å². The molecule has 1 saturated heterocycles. The van der Waals surface area contributed by atoms with E-state index in [2.05, 4.69) is 18.8 Å². The molecule has 1 radical (unpaired) electrons. The topological polar surface area (TPSA) is 66.1 Å². The molecule has 0 aromatic carbocycles. The van der Waals surface area contributed by atoms with E-state index in [1.807, 2.05) is 6.92 Å². The SMILES string of the molecule is C=CC.CCCCC[O].O=C1CCC(=O)N1. The molecule has 0 aliphatic carbocycles. The van der Waals surface area contributed by atoms with Gasteiger partial charge in [-0.15, -0.1) is 6.58 Å². The Kier molecular flexibility index (Phi) is 14.9. The molecular formula is C12H22NO3. The molecule has 2 amide bonds. The lowest BCUT2D eigenvalue weighted by molar-refractivity contribution is -0.124. The van der Waals surface area contributed by atoms with Gasteiger partial charge in [0.1, 0.15) is 0 Å². The van der Waals surface area contributed by atoms with Crippen LogP contribution in [-0.2, 0) is 14.7 Å². The van der Waals surface area contributed by atoms with E-state index < -0.39 is 0 Å². The molecule has 0 bridgehead atoms. The van der Waals surface area contributed by atoms with E-state index in [0.717, 1.165) is 19.3 Å². The normalized spacial score (nSPS) is 12.9. The lowest BCUT2D eigenvalue weighted by atomic mass is 10.3.